The summed E-state index contributed by atoms with van der Waals surface area (Å²) in [5.74, 6) is 0. The molecule has 0 spiro atoms. The van der Waals surface area contributed by atoms with E-state index in [0.29, 0.717) is 6.04 Å². The van der Waals surface area contributed by atoms with Gasteiger partial charge in [-0.3, -0.25) is 0 Å². The highest BCUT2D eigenvalue weighted by molar-refractivity contribution is 5.39. The number of nitrogens with zero attached hydrogens (tertiary/aromatic N) is 1. The highest BCUT2D eigenvalue weighted by atomic mass is 16.3. The van der Waals surface area contributed by atoms with E-state index < -0.39 is 5.60 Å². The SMILES string of the molecule is Cc1cccc(C)c1[C@]1(O)CCN2CCC[C@@H]2C1. The molecule has 0 bridgehead atoms. The van der Waals surface area contributed by atoms with Crippen LogP contribution >= 0.6 is 0 Å². The van der Waals surface area contributed by atoms with Crippen molar-refractivity contribution >= 4 is 0 Å². The lowest BCUT2D eigenvalue weighted by molar-refractivity contribution is -0.0417. The molecule has 3 rings (SSSR count). The van der Waals surface area contributed by atoms with Gasteiger partial charge in [-0.05, 0) is 62.8 Å². The third-order valence-electron chi connectivity index (χ3n) is 4.83. The Morgan fingerprint density at radius 3 is 2.67 bits per heavy atom. The Balaban J connectivity index is 1.95. The van der Waals surface area contributed by atoms with Gasteiger partial charge in [-0.25, -0.2) is 0 Å². The van der Waals surface area contributed by atoms with Gasteiger partial charge in [0, 0.05) is 12.6 Å². The summed E-state index contributed by atoms with van der Waals surface area (Å²) in [6.45, 7) is 6.53. The Kier molecular flexibility index (Phi) is 2.95. The van der Waals surface area contributed by atoms with E-state index in [0.717, 1.165) is 19.4 Å². The first-order valence-corrected chi connectivity index (χ1v) is 7.13. The summed E-state index contributed by atoms with van der Waals surface area (Å²) in [6.07, 6.45) is 4.36. The molecular weight excluding hydrogens is 222 g/mol. The fraction of sp³-hybridized carbons (Fsp3) is 0.625. The molecule has 98 valence electrons. The van der Waals surface area contributed by atoms with E-state index in [-0.39, 0.29) is 0 Å². The van der Waals surface area contributed by atoms with Crippen molar-refractivity contribution in [1.82, 2.24) is 4.90 Å². The van der Waals surface area contributed by atoms with Crippen LogP contribution < -0.4 is 0 Å². The van der Waals surface area contributed by atoms with Gasteiger partial charge in [-0.1, -0.05) is 18.2 Å². The summed E-state index contributed by atoms with van der Waals surface area (Å²) >= 11 is 0. The summed E-state index contributed by atoms with van der Waals surface area (Å²) in [4.78, 5) is 2.56. The Hall–Kier alpha value is -0.860. The molecule has 2 fully saturated rings. The molecule has 0 amide bonds. The third kappa shape index (κ3) is 1.88. The quantitative estimate of drug-likeness (QED) is 0.822. The minimum absolute atomic E-state index is 0.596. The van der Waals surface area contributed by atoms with Gasteiger partial charge < -0.3 is 10.0 Å². The maximum Gasteiger partial charge on any atom is 0.0928 e. The molecule has 2 atom stereocenters. The molecule has 2 heteroatoms. The van der Waals surface area contributed by atoms with Gasteiger partial charge in [-0.15, -0.1) is 0 Å². The maximum absolute atomic E-state index is 11.1. The van der Waals surface area contributed by atoms with E-state index in [2.05, 4.69) is 36.9 Å². The third-order valence-corrected chi connectivity index (χ3v) is 4.83. The number of hydrogen-bond donors (Lipinski definition) is 1. The van der Waals surface area contributed by atoms with Crippen molar-refractivity contribution in [1.29, 1.82) is 0 Å². The molecule has 1 aromatic carbocycles. The number of rotatable bonds is 1. The zero-order chi connectivity index (χ0) is 12.8. The summed E-state index contributed by atoms with van der Waals surface area (Å²) in [7, 11) is 0. The molecule has 2 aliphatic heterocycles. The maximum atomic E-state index is 11.1. The van der Waals surface area contributed by atoms with Crippen molar-refractivity contribution in [3.05, 3.63) is 34.9 Å². The van der Waals surface area contributed by atoms with E-state index in [1.165, 1.54) is 36.1 Å². The van der Waals surface area contributed by atoms with Crippen molar-refractivity contribution in [2.45, 2.75) is 51.2 Å². The molecule has 2 nitrogen and oxygen atoms in total. The lowest BCUT2D eigenvalue weighted by atomic mass is 9.77. The second-order valence-corrected chi connectivity index (χ2v) is 6.08. The molecule has 2 saturated heterocycles. The molecule has 0 saturated carbocycles. The Morgan fingerprint density at radius 1 is 1.22 bits per heavy atom. The molecule has 0 aliphatic carbocycles. The predicted molar refractivity (Wildman–Crippen MR) is 73.6 cm³/mol. The van der Waals surface area contributed by atoms with Crippen LogP contribution in [-0.4, -0.2) is 29.1 Å². The average Bonchev–Trinajstić information content (AvgIpc) is 2.75. The van der Waals surface area contributed by atoms with Crippen LogP contribution in [0.15, 0.2) is 18.2 Å². The standard InChI is InChI=1S/C16H23NO/c1-12-5-3-6-13(2)15(12)16(18)8-10-17-9-4-7-14(17)11-16/h3,5-6,14,18H,4,7-11H2,1-2H3/t14-,16+/m1/s1. The summed E-state index contributed by atoms with van der Waals surface area (Å²) in [5.41, 5.74) is 3.07. The van der Waals surface area contributed by atoms with Gasteiger partial charge in [0.25, 0.3) is 0 Å². The van der Waals surface area contributed by atoms with Crippen LogP contribution in [0.25, 0.3) is 0 Å². The van der Waals surface area contributed by atoms with Crippen LogP contribution in [0.4, 0.5) is 0 Å². The molecule has 18 heavy (non-hydrogen) atoms. The zero-order valence-electron chi connectivity index (χ0n) is 11.4. The van der Waals surface area contributed by atoms with Crippen LogP contribution in [0, 0.1) is 13.8 Å². The molecule has 1 N–H and O–H groups in total. The molecule has 2 heterocycles. The van der Waals surface area contributed by atoms with E-state index in [4.69, 9.17) is 0 Å². The first-order valence-electron chi connectivity index (χ1n) is 7.13. The fourth-order valence-electron chi connectivity index (χ4n) is 4.02. The van der Waals surface area contributed by atoms with E-state index in [9.17, 15) is 5.11 Å². The van der Waals surface area contributed by atoms with Gasteiger partial charge in [0.05, 0.1) is 5.60 Å². The van der Waals surface area contributed by atoms with Crippen LogP contribution in [-0.2, 0) is 5.60 Å². The molecule has 1 aromatic rings. The van der Waals surface area contributed by atoms with Crippen LogP contribution in [0.2, 0.25) is 0 Å². The van der Waals surface area contributed by atoms with Crippen LogP contribution in [0.1, 0.15) is 42.4 Å². The lowest BCUT2D eigenvalue weighted by Crippen LogP contribution is -2.46. The van der Waals surface area contributed by atoms with E-state index in [1.807, 2.05) is 0 Å². The zero-order valence-corrected chi connectivity index (χ0v) is 11.4. The van der Waals surface area contributed by atoms with E-state index in [1.54, 1.807) is 0 Å². The van der Waals surface area contributed by atoms with Gasteiger partial charge in [0.15, 0.2) is 0 Å². The smallest absolute Gasteiger partial charge is 0.0928 e. The summed E-state index contributed by atoms with van der Waals surface area (Å²) in [6, 6.07) is 6.94. The molecule has 2 aliphatic rings. The second-order valence-electron chi connectivity index (χ2n) is 6.08. The minimum Gasteiger partial charge on any atom is -0.385 e. The number of piperidine rings is 1. The van der Waals surface area contributed by atoms with Crippen LogP contribution in [0.5, 0.6) is 0 Å². The average molecular weight is 245 g/mol. The monoisotopic (exact) mass is 245 g/mol. The molecule has 0 aromatic heterocycles. The highest BCUT2D eigenvalue weighted by Crippen LogP contribution is 2.41. The molecule has 0 radical (unpaired) electrons. The summed E-state index contributed by atoms with van der Waals surface area (Å²) < 4.78 is 0. The number of aryl methyl sites for hydroxylation is 2. The first kappa shape index (κ1) is 12.2. The number of hydrogen-bond acceptors (Lipinski definition) is 2. The molecule has 0 unspecified atom stereocenters. The topological polar surface area (TPSA) is 23.5 Å². The largest absolute Gasteiger partial charge is 0.385 e. The number of benzene rings is 1. The fourth-order valence-corrected chi connectivity index (χ4v) is 4.02. The van der Waals surface area contributed by atoms with Crippen molar-refractivity contribution in [3.63, 3.8) is 0 Å². The number of aliphatic hydroxyl groups is 1. The van der Waals surface area contributed by atoms with Crippen LogP contribution in [0.3, 0.4) is 0 Å². The van der Waals surface area contributed by atoms with Gasteiger partial charge in [0.1, 0.15) is 0 Å². The minimum atomic E-state index is -0.596. The van der Waals surface area contributed by atoms with E-state index >= 15 is 0 Å². The highest BCUT2D eigenvalue weighted by Gasteiger charge is 2.42. The summed E-state index contributed by atoms with van der Waals surface area (Å²) in [5, 5.41) is 11.1. The van der Waals surface area contributed by atoms with Crippen molar-refractivity contribution < 1.29 is 5.11 Å². The van der Waals surface area contributed by atoms with Crippen molar-refractivity contribution in [3.8, 4) is 0 Å². The van der Waals surface area contributed by atoms with Crippen molar-refractivity contribution in [2.75, 3.05) is 13.1 Å². The van der Waals surface area contributed by atoms with Gasteiger partial charge >= 0.3 is 0 Å². The Bertz CT molecular complexity index is 436. The second kappa shape index (κ2) is 4.36. The predicted octanol–water partition coefficient (Wildman–Crippen LogP) is 2.75. The Labute approximate surface area is 110 Å². The normalized spacial score (nSPS) is 32.5. The van der Waals surface area contributed by atoms with Gasteiger partial charge in [0.2, 0.25) is 0 Å². The number of fused-ring (bicyclic) bond motifs is 1. The van der Waals surface area contributed by atoms with Crippen molar-refractivity contribution in [2.24, 2.45) is 0 Å². The Morgan fingerprint density at radius 2 is 1.94 bits per heavy atom. The van der Waals surface area contributed by atoms with Gasteiger partial charge in [-0.2, -0.15) is 0 Å². The molecular formula is C16H23NO. The first-order chi connectivity index (χ1) is 8.60. The lowest BCUT2D eigenvalue weighted by Gasteiger charge is -2.42.